The first-order valence-corrected chi connectivity index (χ1v) is 10.3. The summed E-state index contributed by atoms with van der Waals surface area (Å²) in [5, 5.41) is 4.06. The summed E-state index contributed by atoms with van der Waals surface area (Å²) in [4.78, 5) is 17.9. The molecule has 30 heavy (non-hydrogen) atoms. The minimum absolute atomic E-state index is 0.107. The van der Waals surface area contributed by atoms with Gasteiger partial charge in [-0.05, 0) is 25.0 Å². The summed E-state index contributed by atoms with van der Waals surface area (Å²) in [5.74, 6) is 2.62. The van der Waals surface area contributed by atoms with Crippen molar-refractivity contribution in [2.75, 3.05) is 49.2 Å². The molecule has 1 aromatic carbocycles. The molecule has 4 heterocycles. The van der Waals surface area contributed by atoms with Gasteiger partial charge in [0.15, 0.2) is 0 Å². The van der Waals surface area contributed by atoms with E-state index < -0.39 is 0 Å². The highest BCUT2D eigenvalue weighted by Crippen LogP contribution is 2.30. The van der Waals surface area contributed by atoms with E-state index in [9.17, 15) is 4.39 Å². The highest BCUT2D eigenvalue weighted by molar-refractivity contribution is 5.54. The van der Waals surface area contributed by atoms with E-state index >= 15 is 0 Å². The molecule has 1 unspecified atom stereocenters. The molecule has 0 spiro atoms. The van der Waals surface area contributed by atoms with Gasteiger partial charge in [0, 0.05) is 37.8 Å². The first-order valence-electron chi connectivity index (χ1n) is 10.3. The number of halogens is 1. The summed E-state index contributed by atoms with van der Waals surface area (Å²) >= 11 is 0. The average Bonchev–Trinajstić information content (AvgIpc) is 3.30. The van der Waals surface area contributed by atoms with E-state index in [-0.39, 0.29) is 11.7 Å². The quantitative estimate of drug-likeness (QED) is 0.650. The van der Waals surface area contributed by atoms with E-state index in [1.165, 1.54) is 12.1 Å². The Balaban J connectivity index is 1.32. The Hall–Kier alpha value is -3.07. The SMILES string of the molecule is Fc1cccc(-c2noc(C3CCCN(c4cc(N5CCOCC5)ncn4)C3)n2)c1. The molecule has 1 atom stereocenters. The largest absolute Gasteiger partial charge is 0.378 e. The van der Waals surface area contributed by atoms with Gasteiger partial charge in [-0.3, -0.25) is 0 Å². The van der Waals surface area contributed by atoms with E-state index in [1.807, 2.05) is 6.07 Å². The van der Waals surface area contributed by atoms with Crippen LogP contribution in [0.4, 0.5) is 16.0 Å². The zero-order valence-corrected chi connectivity index (χ0v) is 16.6. The van der Waals surface area contributed by atoms with Crippen molar-refractivity contribution in [2.24, 2.45) is 0 Å². The second-order valence-electron chi connectivity index (χ2n) is 7.59. The van der Waals surface area contributed by atoms with Gasteiger partial charge in [0.05, 0.1) is 19.1 Å². The van der Waals surface area contributed by atoms with Crippen molar-refractivity contribution >= 4 is 11.6 Å². The third-order valence-electron chi connectivity index (χ3n) is 5.59. The maximum atomic E-state index is 13.5. The normalized spacial score (nSPS) is 19.8. The van der Waals surface area contributed by atoms with Gasteiger partial charge in [-0.1, -0.05) is 17.3 Å². The molecule has 2 aliphatic rings. The van der Waals surface area contributed by atoms with Crippen LogP contribution in [0.3, 0.4) is 0 Å². The summed E-state index contributed by atoms with van der Waals surface area (Å²) in [6.07, 6.45) is 3.58. The molecule has 2 fully saturated rings. The molecular formula is C21H23FN6O2. The maximum Gasteiger partial charge on any atom is 0.231 e. The summed E-state index contributed by atoms with van der Waals surface area (Å²) in [6.45, 7) is 4.77. The molecule has 9 heteroatoms. The molecule has 8 nitrogen and oxygen atoms in total. The number of hydrogen-bond donors (Lipinski definition) is 0. The van der Waals surface area contributed by atoms with Gasteiger partial charge in [0.1, 0.15) is 23.8 Å². The van der Waals surface area contributed by atoms with Gasteiger partial charge in [-0.2, -0.15) is 4.98 Å². The third kappa shape index (κ3) is 3.97. The van der Waals surface area contributed by atoms with E-state index in [1.54, 1.807) is 18.5 Å². The molecule has 2 saturated heterocycles. The lowest BCUT2D eigenvalue weighted by Crippen LogP contribution is -2.38. The Morgan fingerprint density at radius 1 is 1.00 bits per heavy atom. The van der Waals surface area contributed by atoms with Gasteiger partial charge < -0.3 is 19.1 Å². The molecule has 5 rings (SSSR count). The fourth-order valence-electron chi connectivity index (χ4n) is 4.01. The molecule has 0 bridgehead atoms. The van der Waals surface area contributed by atoms with Crippen LogP contribution < -0.4 is 9.80 Å². The number of ether oxygens (including phenoxy) is 1. The monoisotopic (exact) mass is 410 g/mol. The van der Waals surface area contributed by atoms with Crippen LogP contribution in [0.2, 0.25) is 0 Å². The molecule has 156 valence electrons. The Bertz CT molecular complexity index is 1010. The van der Waals surface area contributed by atoms with Crippen molar-refractivity contribution < 1.29 is 13.7 Å². The van der Waals surface area contributed by atoms with Gasteiger partial charge >= 0.3 is 0 Å². The number of rotatable bonds is 4. The standard InChI is InChI=1S/C21H23FN6O2/c22-17-5-1-3-15(11-17)20-25-21(30-26-20)16-4-2-6-28(13-16)19-12-18(23-14-24-19)27-7-9-29-10-8-27/h1,3,5,11-12,14,16H,2,4,6-10,13H2. The van der Waals surface area contributed by atoms with Crippen LogP contribution in [-0.4, -0.2) is 59.5 Å². The first-order chi connectivity index (χ1) is 14.8. The Morgan fingerprint density at radius 3 is 2.67 bits per heavy atom. The van der Waals surface area contributed by atoms with Gasteiger partial charge in [-0.25, -0.2) is 14.4 Å². The maximum absolute atomic E-state index is 13.5. The highest BCUT2D eigenvalue weighted by Gasteiger charge is 2.27. The zero-order chi connectivity index (χ0) is 20.3. The number of anilines is 2. The molecule has 0 radical (unpaired) electrons. The summed E-state index contributed by atoms with van der Waals surface area (Å²) in [7, 11) is 0. The van der Waals surface area contributed by atoms with Crippen molar-refractivity contribution in [1.82, 2.24) is 20.1 Å². The van der Waals surface area contributed by atoms with Gasteiger partial charge in [-0.15, -0.1) is 0 Å². The fourth-order valence-corrected chi connectivity index (χ4v) is 4.01. The molecule has 2 aromatic heterocycles. The molecule has 0 amide bonds. The van der Waals surface area contributed by atoms with Crippen molar-refractivity contribution in [3.05, 3.63) is 48.4 Å². The molecule has 0 aliphatic carbocycles. The predicted molar refractivity (Wildman–Crippen MR) is 109 cm³/mol. The lowest BCUT2D eigenvalue weighted by atomic mass is 9.98. The predicted octanol–water partition coefficient (Wildman–Crippen LogP) is 2.89. The summed E-state index contributed by atoms with van der Waals surface area (Å²) in [6, 6.07) is 8.27. The van der Waals surface area contributed by atoms with Crippen LogP contribution >= 0.6 is 0 Å². The minimum Gasteiger partial charge on any atom is -0.378 e. The average molecular weight is 410 g/mol. The van der Waals surface area contributed by atoms with E-state index in [2.05, 4.69) is 29.9 Å². The number of aromatic nitrogens is 4. The number of hydrogen-bond acceptors (Lipinski definition) is 8. The smallest absolute Gasteiger partial charge is 0.231 e. The number of nitrogens with zero attached hydrogens (tertiary/aromatic N) is 6. The van der Waals surface area contributed by atoms with Crippen LogP contribution in [-0.2, 0) is 4.74 Å². The van der Waals surface area contributed by atoms with Gasteiger partial charge in [0.25, 0.3) is 0 Å². The Labute approximate surface area is 173 Å². The third-order valence-corrected chi connectivity index (χ3v) is 5.59. The number of benzene rings is 1. The molecule has 2 aliphatic heterocycles. The number of morpholine rings is 1. The fraction of sp³-hybridized carbons (Fsp3) is 0.429. The van der Waals surface area contributed by atoms with Crippen molar-refractivity contribution in [3.8, 4) is 11.4 Å². The molecule has 0 saturated carbocycles. The highest BCUT2D eigenvalue weighted by atomic mass is 19.1. The first kappa shape index (κ1) is 18.9. The Kier molecular flexibility index (Phi) is 5.27. The minimum atomic E-state index is -0.317. The number of piperidine rings is 1. The van der Waals surface area contributed by atoms with E-state index in [4.69, 9.17) is 9.26 Å². The topological polar surface area (TPSA) is 80.4 Å². The molecule has 0 N–H and O–H groups in total. The second-order valence-corrected chi connectivity index (χ2v) is 7.59. The van der Waals surface area contributed by atoms with Crippen LogP contribution in [0.15, 0.2) is 41.2 Å². The van der Waals surface area contributed by atoms with Crippen LogP contribution in [0.1, 0.15) is 24.7 Å². The lowest BCUT2D eigenvalue weighted by molar-refractivity contribution is 0.122. The molecular weight excluding hydrogens is 387 g/mol. The summed E-state index contributed by atoms with van der Waals surface area (Å²) in [5.41, 5.74) is 0.614. The van der Waals surface area contributed by atoms with Crippen molar-refractivity contribution in [1.29, 1.82) is 0 Å². The van der Waals surface area contributed by atoms with Crippen molar-refractivity contribution in [3.63, 3.8) is 0 Å². The van der Waals surface area contributed by atoms with Crippen molar-refractivity contribution in [2.45, 2.75) is 18.8 Å². The second kappa shape index (κ2) is 8.35. The van der Waals surface area contributed by atoms with Crippen LogP contribution in [0.25, 0.3) is 11.4 Å². The lowest BCUT2D eigenvalue weighted by Gasteiger charge is -2.33. The van der Waals surface area contributed by atoms with Crippen LogP contribution in [0.5, 0.6) is 0 Å². The van der Waals surface area contributed by atoms with Gasteiger partial charge in [0.2, 0.25) is 11.7 Å². The summed E-state index contributed by atoms with van der Waals surface area (Å²) < 4.78 is 24.5. The van der Waals surface area contributed by atoms with E-state index in [0.717, 1.165) is 63.9 Å². The van der Waals surface area contributed by atoms with E-state index in [0.29, 0.717) is 17.3 Å². The Morgan fingerprint density at radius 2 is 1.83 bits per heavy atom. The molecule has 3 aromatic rings. The zero-order valence-electron chi connectivity index (χ0n) is 16.6. The van der Waals surface area contributed by atoms with Crippen LogP contribution in [0, 0.1) is 5.82 Å².